The summed E-state index contributed by atoms with van der Waals surface area (Å²) in [5.41, 5.74) is 0.319. The van der Waals surface area contributed by atoms with E-state index in [-0.39, 0.29) is 5.91 Å². The van der Waals surface area contributed by atoms with Crippen molar-refractivity contribution < 1.29 is 19.1 Å². The fraction of sp³-hybridized carbons (Fsp3) is 0.909. The molecular weight excluding hydrogens is 342 g/mol. The summed E-state index contributed by atoms with van der Waals surface area (Å²) in [5.74, 6) is 2.92. The number of hydrogen-bond donors (Lipinski definition) is 1. The molecule has 154 valence electrons. The van der Waals surface area contributed by atoms with Crippen LogP contribution in [0.2, 0.25) is 0 Å². The first kappa shape index (κ1) is 20.8. The maximum atomic E-state index is 12.4. The van der Waals surface area contributed by atoms with Gasteiger partial charge >= 0.3 is 0 Å². The number of amides is 1. The van der Waals surface area contributed by atoms with E-state index in [1.165, 1.54) is 38.5 Å². The lowest BCUT2D eigenvalue weighted by molar-refractivity contribution is -0.129. The molecule has 0 heterocycles. The largest absolute Gasteiger partial charge is 0.379 e. The third-order valence-corrected chi connectivity index (χ3v) is 6.75. The van der Waals surface area contributed by atoms with Gasteiger partial charge in [-0.3, -0.25) is 4.79 Å². The van der Waals surface area contributed by atoms with Gasteiger partial charge in [0.15, 0.2) is 0 Å². The van der Waals surface area contributed by atoms with Gasteiger partial charge in [0.2, 0.25) is 5.91 Å². The van der Waals surface area contributed by atoms with Crippen molar-refractivity contribution in [1.29, 1.82) is 0 Å². The van der Waals surface area contributed by atoms with Crippen LogP contribution in [0, 0.1) is 23.2 Å². The van der Waals surface area contributed by atoms with E-state index >= 15 is 0 Å². The first-order valence-electron chi connectivity index (χ1n) is 11.0. The highest BCUT2D eigenvalue weighted by Gasteiger charge is 2.51. The molecule has 4 saturated carbocycles. The zero-order valence-electron chi connectivity index (χ0n) is 16.8. The number of hydrogen-bond acceptors (Lipinski definition) is 4. The zero-order valence-corrected chi connectivity index (χ0v) is 16.8. The van der Waals surface area contributed by atoms with E-state index in [0.29, 0.717) is 38.2 Å². The van der Waals surface area contributed by atoms with Crippen LogP contribution in [0.4, 0.5) is 0 Å². The fourth-order valence-electron chi connectivity index (χ4n) is 6.10. The summed E-state index contributed by atoms with van der Waals surface area (Å²) < 4.78 is 11.0. The van der Waals surface area contributed by atoms with E-state index < -0.39 is 0 Å². The Morgan fingerprint density at radius 1 is 0.889 bits per heavy atom. The Bertz CT molecular complexity index is 444. The number of unbranched alkanes of at least 4 members (excludes halogenated alkanes) is 3. The third kappa shape index (κ3) is 6.56. The van der Waals surface area contributed by atoms with Gasteiger partial charge in [-0.25, -0.2) is 0 Å². The summed E-state index contributed by atoms with van der Waals surface area (Å²) in [4.78, 5) is 22.6. The fourth-order valence-corrected chi connectivity index (χ4v) is 6.10. The molecule has 0 atom stereocenters. The van der Waals surface area contributed by atoms with E-state index in [1.807, 2.05) is 0 Å². The Morgan fingerprint density at radius 3 is 2.15 bits per heavy atom. The average Bonchev–Trinajstić information content (AvgIpc) is 2.61. The molecule has 27 heavy (non-hydrogen) atoms. The Hall–Kier alpha value is -0.940. The number of ether oxygens (including phenoxy) is 2. The number of carbonyl (C=O) groups is 2. The van der Waals surface area contributed by atoms with Crippen molar-refractivity contribution in [2.24, 2.45) is 23.2 Å². The summed E-state index contributed by atoms with van der Waals surface area (Å²) in [6.07, 6.45) is 13.5. The Morgan fingerprint density at radius 2 is 1.52 bits per heavy atom. The van der Waals surface area contributed by atoms with Gasteiger partial charge in [0.25, 0.3) is 0 Å². The van der Waals surface area contributed by atoms with E-state index in [4.69, 9.17) is 9.47 Å². The van der Waals surface area contributed by atoms with Crippen molar-refractivity contribution in [3.05, 3.63) is 0 Å². The van der Waals surface area contributed by atoms with Gasteiger partial charge in [0.1, 0.15) is 6.29 Å². The van der Waals surface area contributed by atoms with Crippen LogP contribution in [0.1, 0.15) is 70.6 Å². The summed E-state index contributed by atoms with van der Waals surface area (Å²) in [6.45, 7) is 3.03. The van der Waals surface area contributed by atoms with Gasteiger partial charge < -0.3 is 19.6 Å². The highest BCUT2D eigenvalue weighted by atomic mass is 16.5. The minimum atomic E-state index is 0.215. The lowest BCUT2D eigenvalue weighted by Crippen LogP contribution is -2.48. The van der Waals surface area contributed by atoms with E-state index in [1.54, 1.807) is 0 Å². The maximum Gasteiger partial charge on any atom is 0.220 e. The minimum absolute atomic E-state index is 0.215. The maximum absolute atomic E-state index is 12.4. The van der Waals surface area contributed by atoms with Crippen molar-refractivity contribution in [3.63, 3.8) is 0 Å². The number of carbonyl (C=O) groups excluding carboxylic acids is 2. The summed E-state index contributed by atoms with van der Waals surface area (Å²) in [7, 11) is 0. The van der Waals surface area contributed by atoms with Crippen LogP contribution < -0.4 is 5.32 Å². The lowest BCUT2D eigenvalue weighted by Gasteiger charge is -2.56. The van der Waals surface area contributed by atoms with Crippen LogP contribution in [0.25, 0.3) is 0 Å². The summed E-state index contributed by atoms with van der Waals surface area (Å²) in [5, 5.41) is 3.06. The molecular formula is C22H37NO4. The normalized spacial score (nSPS) is 31.2. The van der Waals surface area contributed by atoms with Crippen molar-refractivity contribution in [2.75, 3.05) is 33.0 Å². The second kappa shape index (κ2) is 10.6. The molecule has 4 aliphatic rings. The molecule has 5 heteroatoms. The highest BCUT2D eigenvalue weighted by Crippen LogP contribution is 2.61. The Labute approximate surface area is 163 Å². The number of aldehydes is 1. The van der Waals surface area contributed by atoms with E-state index in [0.717, 1.165) is 56.3 Å². The van der Waals surface area contributed by atoms with Gasteiger partial charge in [-0.15, -0.1) is 0 Å². The molecule has 1 N–H and O–H groups in total. The highest BCUT2D eigenvalue weighted by molar-refractivity contribution is 5.76. The van der Waals surface area contributed by atoms with E-state index in [2.05, 4.69) is 5.32 Å². The van der Waals surface area contributed by atoms with Crippen LogP contribution in [0.5, 0.6) is 0 Å². The summed E-state index contributed by atoms with van der Waals surface area (Å²) in [6, 6.07) is 0. The SMILES string of the molecule is O=CCCCCCOCCOCCNC(=O)CC12CC3CC(CC(C3)C1)C2. The number of rotatable bonds is 14. The molecule has 0 spiro atoms. The summed E-state index contributed by atoms with van der Waals surface area (Å²) >= 11 is 0. The van der Waals surface area contributed by atoms with Crippen LogP contribution in [-0.2, 0) is 19.1 Å². The molecule has 0 aromatic rings. The van der Waals surface area contributed by atoms with Gasteiger partial charge in [0, 0.05) is 26.0 Å². The molecule has 4 fully saturated rings. The molecule has 4 bridgehead atoms. The minimum Gasteiger partial charge on any atom is -0.379 e. The molecule has 4 rings (SSSR count). The molecule has 0 aromatic carbocycles. The topological polar surface area (TPSA) is 64.6 Å². The predicted molar refractivity (Wildman–Crippen MR) is 104 cm³/mol. The standard InChI is InChI=1S/C22H37NO4/c24-6-3-1-2-4-7-26-9-10-27-8-5-23-21(25)17-22-14-18-11-19(15-22)13-20(12-18)16-22/h6,18-20H,1-5,7-17H2,(H,23,25). The predicted octanol–water partition coefficient (Wildman–Crippen LogP) is 3.50. The van der Waals surface area contributed by atoms with Crippen LogP contribution >= 0.6 is 0 Å². The second-order valence-corrected chi connectivity index (χ2v) is 9.19. The zero-order chi connectivity index (χ0) is 19.0. The molecule has 5 nitrogen and oxygen atoms in total. The van der Waals surface area contributed by atoms with Crippen LogP contribution in [0.15, 0.2) is 0 Å². The lowest BCUT2D eigenvalue weighted by atomic mass is 9.49. The first-order valence-corrected chi connectivity index (χ1v) is 11.0. The first-order chi connectivity index (χ1) is 13.2. The van der Waals surface area contributed by atoms with E-state index in [9.17, 15) is 9.59 Å². The quantitative estimate of drug-likeness (QED) is 0.371. The van der Waals surface area contributed by atoms with Crippen molar-refractivity contribution in [2.45, 2.75) is 70.6 Å². The van der Waals surface area contributed by atoms with Crippen molar-refractivity contribution in [1.82, 2.24) is 5.32 Å². The molecule has 0 saturated heterocycles. The molecule has 0 aromatic heterocycles. The molecule has 4 aliphatic carbocycles. The molecule has 1 amide bonds. The molecule has 0 radical (unpaired) electrons. The molecule has 0 aliphatic heterocycles. The van der Waals surface area contributed by atoms with Crippen LogP contribution in [-0.4, -0.2) is 45.2 Å². The molecule has 0 unspecified atom stereocenters. The Balaban J connectivity index is 1.17. The van der Waals surface area contributed by atoms with Gasteiger partial charge in [-0.05, 0) is 74.5 Å². The van der Waals surface area contributed by atoms with Crippen molar-refractivity contribution >= 4 is 12.2 Å². The second-order valence-electron chi connectivity index (χ2n) is 9.19. The average molecular weight is 380 g/mol. The van der Waals surface area contributed by atoms with Crippen molar-refractivity contribution in [3.8, 4) is 0 Å². The Kier molecular flexibility index (Phi) is 8.13. The smallest absolute Gasteiger partial charge is 0.220 e. The van der Waals surface area contributed by atoms with Gasteiger partial charge in [-0.1, -0.05) is 6.42 Å². The monoisotopic (exact) mass is 379 g/mol. The van der Waals surface area contributed by atoms with Gasteiger partial charge in [-0.2, -0.15) is 0 Å². The number of nitrogens with one attached hydrogen (secondary N) is 1. The third-order valence-electron chi connectivity index (χ3n) is 6.75. The van der Waals surface area contributed by atoms with Crippen LogP contribution in [0.3, 0.4) is 0 Å². The van der Waals surface area contributed by atoms with Gasteiger partial charge in [0.05, 0.1) is 19.8 Å².